The van der Waals surface area contributed by atoms with Crippen LogP contribution < -0.4 is 0 Å². The summed E-state index contributed by atoms with van der Waals surface area (Å²) in [7, 11) is 0. The third-order valence-electron chi connectivity index (χ3n) is 4.77. The van der Waals surface area contributed by atoms with Crippen LogP contribution in [-0.4, -0.2) is 12.6 Å². The summed E-state index contributed by atoms with van der Waals surface area (Å²) in [6, 6.07) is 16.7. The molecule has 0 aromatic heterocycles. The number of hydrogen-bond donors (Lipinski definition) is 0. The molecule has 3 rings (SSSR count). The zero-order valence-electron chi connectivity index (χ0n) is 15.0. The van der Waals surface area contributed by atoms with Gasteiger partial charge in [-0.15, -0.1) is 0 Å². The van der Waals surface area contributed by atoms with Crippen molar-refractivity contribution >= 4 is 5.97 Å². The topological polar surface area (TPSA) is 26.3 Å². The smallest absolute Gasteiger partial charge is 0.310 e. The van der Waals surface area contributed by atoms with Gasteiger partial charge < -0.3 is 4.74 Å². The Balaban J connectivity index is 1.91. The second-order valence-electron chi connectivity index (χ2n) is 6.58. The molecule has 2 aromatic rings. The molecule has 0 saturated heterocycles. The molecule has 0 saturated carbocycles. The lowest BCUT2D eigenvalue weighted by Gasteiger charge is -2.17. The third-order valence-corrected chi connectivity index (χ3v) is 4.77. The minimum absolute atomic E-state index is 0.164. The van der Waals surface area contributed by atoms with Gasteiger partial charge in [0.2, 0.25) is 0 Å². The summed E-state index contributed by atoms with van der Waals surface area (Å²) in [5, 5.41) is 0. The average Bonchev–Trinajstić information content (AvgIpc) is 2.64. The highest BCUT2D eigenvalue weighted by atomic mass is 16.5. The molecule has 0 amide bonds. The predicted molar refractivity (Wildman–Crippen MR) is 102 cm³/mol. The zero-order chi connectivity index (χ0) is 17.5. The Hall–Kier alpha value is -2.35. The molecule has 0 atom stereocenters. The molecule has 130 valence electrons. The van der Waals surface area contributed by atoms with E-state index in [4.69, 9.17) is 4.74 Å². The van der Waals surface area contributed by atoms with E-state index < -0.39 is 0 Å². The second-order valence-corrected chi connectivity index (χ2v) is 6.58. The minimum Gasteiger partial charge on any atom is -0.466 e. The fourth-order valence-electron chi connectivity index (χ4n) is 3.55. The number of hydrogen-bond acceptors (Lipinski definition) is 2. The first-order valence-corrected chi connectivity index (χ1v) is 9.27. The summed E-state index contributed by atoms with van der Waals surface area (Å²) in [6.07, 6.45) is 8.76. The van der Waals surface area contributed by atoms with E-state index in [9.17, 15) is 4.79 Å². The van der Waals surface area contributed by atoms with E-state index >= 15 is 0 Å². The van der Waals surface area contributed by atoms with Crippen LogP contribution >= 0.6 is 0 Å². The molecule has 0 bridgehead atoms. The molecule has 25 heavy (non-hydrogen) atoms. The van der Waals surface area contributed by atoms with Gasteiger partial charge >= 0.3 is 5.97 Å². The molecule has 0 unspecified atom stereocenters. The van der Waals surface area contributed by atoms with Gasteiger partial charge in [-0.25, -0.2) is 0 Å². The van der Waals surface area contributed by atoms with Crippen LogP contribution in [0.15, 0.2) is 60.2 Å². The van der Waals surface area contributed by atoms with Crippen molar-refractivity contribution in [1.82, 2.24) is 0 Å². The molecule has 0 aliphatic heterocycles. The third kappa shape index (κ3) is 4.60. The maximum atomic E-state index is 12.0. The number of rotatable bonds is 6. The highest BCUT2D eigenvalue weighted by Crippen LogP contribution is 2.31. The molecule has 2 heteroatoms. The van der Waals surface area contributed by atoms with E-state index in [1.165, 1.54) is 36.8 Å². The number of esters is 1. The normalized spacial score (nSPS) is 14.0. The van der Waals surface area contributed by atoms with E-state index in [0.717, 1.165) is 17.5 Å². The first-order valence-electron chi connectivity index (χ1n) is 9.27. The van der Waals surface area contributed by atoms with Crippen LogP contribution in [0.3, 0.4) is 0 Å². The first-order chi connectivity index (χ1) is 12.3. The lowest BCUT2D eigenvalue weighted by atomic mass is 9.88. The molecule has 0 radical (unpaired) electrons. The fourth-order valence-corrected chi connectivity index (χ4v) is 3.55. The lowest BCUT2D eigenvalue weighted by Crippen LogP contribution is -2.08. The van der Waals surface area contributed by atoms with Crippen molar-refractivity contribution in [2.45, 2.75) is 45.4 Å². The summed E-state index contributed by atoms with van der Waals surface area (Å²) in [5.74, 6) is -0.164. The van der Waals surface area contributed by atoms with E-state index in [1.807, 2.05) is 25.1 Å². The van der Waals surface area contributed by atoms with Gasteiger partial charge in [0.1, 0.15) is 0 Å². The second kappa shape index (κ2) is 8.66. The summed E-state index contributed by atoms with van der Waals surface area (Å²) in [4.78, 5) is 12.0. The first kappa shape index (κ1) is 17.5. The average molecular weight is 334 g/mol. The lowest BCUT2D eigenvalue weighted by molar-refractivity contribution is -0.142. The molecule has 0 spiro atoms. The van der Waals surface area contributed by atoms with Crippen LogP contribution in [0, 0.1) is 0 Å². The Bertz CT molecular complexity index is 758. The summed E-state index contributed by atoms with van der Waals surface area (Å²) in [5.41, 5.74) is 6.29. The number of ether oxygens (including phenoxy) is 1. The van der Waals surface area contributed by atoms with Crippen LogP contribution in [0.5, 0.6) is 0 Å². The highest BCUT2D eigenvalue weighted by molar-refractivity contribution is 5.79. The van der Waals surface area contributed by atoms with Crippen molar-refractivity contribution in [2.24, 2.45) is 0 Å². The van der Waals surface area contributed by atoms with Crippen LogP contribution in [0.1, 0.15) is 43.7 Å². The van der Waals surface area contributed by atoms with Gasteiger partial charge in [-0.1, -0.05) is 60.2 Å². The van der Waals surface area contributed by atoms with Crippen molar-refractivity contribution < 1.29 is 9.53 Å². The zero-order valence-corrected chi connectivity index (χ0v) is 15.0. The van der Waals surface area contributed by atoms with Crippen molar-refractivity contribution in [3.05, 3.63) is 71.3 Å². The Kier molecular flexibility index (Phi) is 6.05. The standard InChI is InChI=1S/C23H26O2/c1-2-25-23(24)17-20-13-7-9-15-22(20)21-14-8-6-12-19(21)16-18-10-4-3-5-11-18/h6-10,12-15H,2-5,11,16-17H2,1H3. The highest BCUT2D eigenvalue weighted by Gasteiger charge is 2.14. The number of carbonyl (C=O) groups is 1. The van der Waals surface area contributed by atoms with E-state index in [0.29, 0.717) is 13.0 Å². The minimum atomic E-state index is -0.164. The number of carbonyl (C=O) groups excluding carboxylic acids is 1. The van der Waals surface area contributed by atoms with Gasteiger partial charge in [0.25, 0.3) is 0 Å². The molecule has 2 aromatic carbocycles. The SMILES string of the molecule is CCOC(=O)Cc1ccccc1-c1ccccc1CC1=CCCCC1. The predicted octanol–water partition coefficient (Wildman–Crippen LogP) is 5.50. The van der Waals surface area contributed by atoms with E-state index in [1.54, 1.807) is 5.57 Å². The molecule has 0 fully saturated rings. The van der Waals surface area contributed by atoms with Crippen LogP contribution in [0.4, 0.5) is 0 Å². The monoisotopic (exact) mass is 334 g/mol. The maximum Gasteiger partial charge on any atom is 0.310 e. The van der Waals surface area contributed by atoms with Gasteiger partial charge in [-0.05, 0) is 61.3 Å². The fraction of sp³-hybridized carbons (Fsp3) is 0.348. The van der Waals surface area contributed by atoms with Crippen molar-refractivity contribution in [3.63, 3.8) is 0 Å². The van der Waals surface area contributed by atoms with Crippen LogP contribution in [0.25, 0.3) is 11.1 Å². The molecule has 1 aliphatic carbocycles. The molecule has 0 N–H and O–H groups in total. The summed E-state index contributed by atoms with van der Waals surface area (Å²) < 4.78 is 5.14. The van der Waals surface area contributed by atoms with Crippen molar-refractivity contribution in [1.29, 1.82) is 0 Å². The van der Waals surface area contributed by atoms with Gasteiger partial charge in [0, 0.05) is 0 Å². The van der Waals surface area contributed by atoms with Gasteiger partial charge in [0.15, 0.2) is 0 Å². The van der Waals surface area contributed by atoms with Crippen LogP contribution in [0.2, 0.25) is 0 Å². The molecule has 0 heterocycles. The Labute approximate surface area is 150 Å². The summed E-state index contributed by atoms with van der Waals surface area (Å²) in [6.45, 7) is 2.27. The maximum absolute atomic E-state index is 12.0. The molecule has 2 nitrogen and oxygen atoms in total. The Morgan fingerprint density at radius 1 is 0.960 bits per heavy atom. The van der Waals surface area contributed by atoms with Crippen molar-refractivity contribution in [3.8, 4) is 11.1 Å². The van der Waals surface area contributed by atoms with Crippen molar-refractivity contribution in [2.75, 3.05) is 6.61 Å². The van der Waals surface area contributed by atoms with Gasteiger partial charge in [-0.3, -0.25) is 4.79 Å². The van der Waals surface area contributed by atoms with E-state index in [-0.39, 0.29) is 5.97 Å². The van der Waals surface area contributed by atoms with E-state index in [2.05, 4.69) is 36.4 Å². The Morgan fingerprint density at radius 2 is 1.64 bits per heavy atom. The van der Waals surface area contributed by atoms with Crippen LogP contribution in [-0.2, 0) is 22.4 Å². The molecule has 1 aliphatic rings. The quantitative estimate of drug-likeness (QED) is 0.515. The largest absolute Gasteiger partial charge is 0.466 e. The van der Waals surface area contributed by atoms with Gasteiger partial charge in [-0.2, -0.15) is 0 Å². The molecular weight excluding hydrogens is 308 g/mol. The number of benzene rings is 2. The Morgan fingerprint density at radius 3 is 2.32 bits per heavy atom. The molecular formula is C23H26O2. The summed E-state index contributed by atoms with van der Waals surface area (Å²) >= 11 is 0. The van der Waals surface area contributed by atoms with Gasteiger partial charge in [0.05, 0.1) is 13.0 Å². The number of allylic oxidation sites excluding steroid dienone is 2.